The van der Waals surface area contributed by atoms with Crippen molar-refractivity contribution in [3.8, 4) is 11.5 Å². The van der Waals surface area contributed by atoms with Crippen LogP contribution in [-0.2, 0) is 13.1 Å². The van der Waals surface area contributed by atoms with Gasteiger partial charge in [0.15, 0.2) is 0 Å². The number of nitrogens with one attached hydrogen (secondary N) is 1. The smallest absolute Gasteiger partial charge is 0.387 e. The van der Waals surface area contributed by atoms with Crippen LogP contribution in [-0.4, -0.2) is 24.1 Å². The summed E-state index contributed by atoms with van der Waals surface area (Å²) in [6.45, 7) is -0.290. The number of rotatable bonds is 9. The van der Waals surface area contributed by atoms with Gasteiger partial charge in [-0.2, -0.15) is 8.78 Å². The van der Waals surface area contributed by atoms with Crippen LogP contribution >= 0.6 is 11.3 Å². The van der Waals surface area contributed by atoms with Gasteiger partial charge in [-0.25, -0.2) is 4.98 Å². The molecule has 136 valence electrons. The summed E-state index contributed by atoms with van der Waals surface area (Å²) in [6.07, 6.45) is 0.793. The molecule has 0 saturated heterocycles. The van der Waals surface area contributed by atoms with Crippen LogP contribution in [0.5, 0.6) is 11.5 Å². The molecule has 3 N–H and O–H groups in total. The standard InChI is InChI=1S/C16H19F2N3O3S/c1-2-5-23-11-4-3-10(13(6-11)24-16(17)18)8-20-15(22)12-9-25-14(7-19)21-12/h3-4,6,9,16H,2,5,7-8,19H2,1H3,(H,20,22). The van der Waals surface area contributed by atoms with E-state index in [1.807, 2.05) is 6.92 Å². The highest BCUT2D eigenvalue weighted by atomic mass is 32.1. The molecule has 6 nitrogen and oxygen atoms in total. The lowest BCUT2D eigenvalue weighted by Gasteiger charge is -2.13. The summed E-state index contributed by atoms with van der Waals surface area (Å²) < 4.78 is 35.2. The minimum atomic E-state index is -2.97. The molecule has 0 unspecified atom stereocenters. The van der Waals surface area contributed by atoms with E-state index in [-0.39, 0.29) is 24.5 Å². The van der Waals surface area contributed by atoms with E-state index in [9.17, 15) is 13.6 Å². The fraction of sp³-hybridized carbons (Fsp3) is 0.375. The number of hydrogen-bond donors (Lipinski definition) is 2. The molecule has 2 rings (SSSR count). The summed E-state index contributed by atoms with van der Waals surface area (Å²) in [5.74, 6) is -0.0188. The molecule has 0 saturated carbocycles. The van der Waals surface area contributed by atoms with Crippen LogP contribution < -0.4 is 20.5 Å². The van der Waals surface area contributed by atoms with Gasteiger partial charge in [0, 0.05) is 30.1 Å². The van der Waals surface area contributed by atoms with E-state index >= 15 is 0 Å². The molecule has 0 fully saturated rings. The number of ether oxygens (including phenoxy) is 2. The monoisotopic (exact) mass is 371 g/mol. The largest absolute Gasteiger partial charge is 0.493 e. The lowest BCUT2D eigenvalue weighted by molar-refractivity contribution is -0.0505. The maximum Gasteiger partial charge on any atom is 0.387 e. The average molecular weight is 371 g/mol. The summed E-state index contributed by atoms with van der Waals surface area (Å²) in [4.78, 5) is 16.1. The second-order valence-corrected chi connectivity index (χ2v) is 5.95. The van der Waals surface area contributed by atoms with Crippen LogP contribution in [0.1, 0.15) is 34.4 Å². The molecule has 0 aliphatic heterocycles. The first-order chi connectivity index (χ1) is 12.0. The van der Waals surface area contributed by atoms with Crippen LogP contribution in [0.15, 0.2) is 23.6 Å². The van der Waals surface area contributed by atoms with Gasteiger partial charge in [-0.15, -0.1) is 11.3 Å². The molecular weight excluding hydrogens is 352 g/mol. The molecule has 0 bridgehead atoms. The number of halogens is 2. The number of nitrogens with two attached hydrogens (primary N) is 1. The maximum absolute atomic E-state index is 12.6. The molecule has 1 aromatic carbocycles. The molecule has 2 aromatic rings. The third kappa shape index (κ3) is 5.64. The number of nitrogens with zero attached hydrogens (tertiary/aromatic N) is 1. The van der Waals surface area contributed by atoms with Gasteiger partial charge >= 0.3 is 6.61 Å². The van der Waals surface area contributed by atoms with Crippen molar-refractivity contribution in [2.24, 2.45) is 5.73 Å². The van der Waals surface area contributed by atoms with Crippen molar-refractivity contribution in [1.82, 2.24) is 10.3 Å². The third-order valence-corrected chi connectivity index (χ3v) is 4.00. The van der Waals surface area contributed by atoms with Crippen LogP contribution in [0, 0.1) is 0 Å². The number of thiazole rings is 1. The third-order valence-electron chi connectivity index (χ3n) is 3.13. The number of carbonyl (C=O) groups excluding carboxylic acids is 1. The second kappa shape index (κ2) is 9.28. The molecule has 0 spiro atoms. The summed E-state index contributed by atoms with van der Waals surface area (Å²) in [6, 6.07) is 4.61. The topological polar surface area (TPSA) is 86.5 Å². The first-order valence-corrected chi connectivity index (χ1v) is 8.54. The van der Waals surface area contributed by atoms with Crippen LogP contribution in [0.4, 0.5) is 8.78 Å². The zero-order valence-corrected chi connectivity index (χ0v) is 14.4. The summed E-state index contributed by atoms with van der Waals surface area (Å²) in [5.41, 5.74) is 6.11. The predicted molar refractivity (Wildman–Crippen MR) is 90.0 cm³/mol. The summed E-state index contributed by atoms with van der Waals surface area (Å²) in [5, 5.41) is 4.86. The van der Waals surface area contributed by atoms with Crippen LogP contribution in [0.3, 0.4) is 0 Å². The predicted octanol–water partition coefficient (Wildman–Crippen LogP) is 2.92. The lowest BCUT2D eigenvalue weighted by Crippen LogP contribution is -2.23. The van der Waals surface area contributed by atoms with Gasteiger partial charge in [0.1, 0.15) is 22.2 Å². The second-order valence-electron chi connectivity index (χ2n) is 5.01. The Hall–Kier alpha value is -2.26. The van der Waals surface area contributed by atoms with Crippen LogP contribution in [0.2, 0.25) is 0 Å². The van der Waals surface area contributed by atoms with E-state index in [4.69, 9.17) is 10.5 Å². The minimum Gasteiger partial charge on any atom is -0.493 e. The molecule has 1 amide bonds. The van der Waals surface area contributed by atoms with Crippen molar-refractivity contribution in [1.29, 1.82) is 0 Å². The molecule has 0 aliphatic rings. The Bertz CT molecular complexity index is 710. The van der Waals surface area contributed by atoms with E-state index in [0.717, 1.165) is 6.42 Å². The summed E-state index contributed by atoms with van der Waals surface area (Å²) >= 11 is 1.28. The first kappa shape index (κ1) is 19.1. The van der Waals surface area contributed by atoms with Crippen molar-refractivity contribution in [3.05, 3.63) is 39.8 Å². The number of benzene rings is 1. The van der Waals surface area contributed by atoms with Gasteiger partial charge in [0.05, 0.1) is 6.61 Å². The first-order valence-electron chi connectivity index (χ1n) is 7.66. The van der Waals surface area contributed by atoms with Crippen molar-refractivity contribution in [2.75, 3.05) is 6.61 Å². The molecule has 1 heterocycles. The molecule has 0 radical (unpaired) electrons. The Kier molecular flexibility index (Phi) is 7.08. The fourth-order valence-corrected chi connectivity index (χ4v) is 2.63. The highest BCUT2D eigenvalue weighted by Gasteiger charge is 2.14. The normalized spacial score (nSPS) is 10.8. The van der Waals surface area contributed by atoms with Crippen LogP contribution in [0.25, 0.3) is 0 Å². The fourth-order valence-electron chi connectivity index (χ4n) is 1.97. The molecular formula is C16H19F2N3O3S. The zero-order chi connectivity index (χ0) is 18.2. The molecule has 25 heavy (non-hydrogen) atoms. The molecule has 9 heteroatoms. The van der Waals surface area contributed by atoms with Crippen molar-refractivity contribution in [2.45, 2.75) is 33.0 Å². The number of hydrogen-bond acceptors (Lipinski definition) is 6. The highest BCUT2D eigenvalue weighted by molar-refractivity contribution is 7.09. The van der Waals surface area contributed by atoms with Crippen molar-refractivity contribution in [3.63, 3.8) is 0 Å². The van der Waals surface area contributed by atoms with E-state index in [0.29, 0.717) is 22.9 Å². The maximum atomic E-state index is 12.6. The van der Waals surface area contributed by atoms with E-state index in [1.54, 1.807) is 17.5 Å². The molecule has 0 atom stereocenters. The number of aromatic nitrogens is 1. The Labute approximate surface area is 148 Å². The Balaban J connectivity index is 2.07. The zero-order valence-electron chi connectivity index (χ0n) is 13.6. The molecule has 0 aliphatic carbocycles. The Morgan fingerprint density at radius 2 is 2.24 bits per heavy atom. The number of carbonyl (C=O) groups is 1. The van der Waals surface area contributed by atoms with Gasteiger partial charge in [0.25, 0.3) is 5.91 Å². The van der Waals surface area contributed by atoms with Gasteiger partial charge in [-0.05, 0) is 18.6 Å². The van der Waals surface area contributed by atoms with Gasteiger partial charge in [-0.3, -0.25) is 4.79 Å². The van der Waals surface area contributed by atoms with E-state index < -0.39 is 12.5 Å². The quantitative estimate of drug-likeness (QED) is 0.708. The lowest BCUT2D eigenvalue weighted by atomic mass is 10.2. The Morgan fingerprint density at radius 1 is 1.44 bits per heavy atom. The number of amides is 1. The van der Waals surface area contributed by atoms with Gasteiger partial charge in [0.2, 0.25) is 0 Å². The van der Waals surface area contributed by atoms with Gasteiger partial charge < -0.3 is 20.5 Å². The average Bonchev–Trinajstić information content (AvgIpc) is 3.07. The minimum absolute atomic E-state index is 0.0183. The van der Waals surface area contributed by atoms with E-state index in [2.05, 4.69) is 15.0 Å². The SMILES string of the molecule is CCCOc1ccc(CNC(=O)c2csc(CN)n2)c(OC(F)F)c1. The van der Waals surface area contributed by atoms with Gasteiger partial charge in [-0.1, -0.05) is 6.92 Å². The van der Waals surface area contributed by atoms with E-state index in [1.165, 1.54) is 17.4 Å². The summed E-state index contributed by atoms with van der Waals surface area (Å²) in [7, 11) is 0. The Morgan fingerprint density at radius 3 is 2.88 bits per heavy atom. The van der Waals surface area contributed by atoms with Crippen molar-refractivity contribution < 1.29 is 23.0 Å². The van der Waals surface area contributed by atoms with Crippen molar-refractivity contribution >= 4 is 17.2 Å². The molecule has 1 aromatic heterocycles. The highest BCUT2D eigenvalue weighted by Crippen LogP contribution is 2.27. The number of alkyl halides is 2.